The number of piperidine rings is 1. The molecule has 84 valence electrons. The summed E-state index contributed by atoms with van der Waals surface area (Å²) >= 11 is 1.76. The van der Waals surface area contributed by atoms with E-state index < -0.39 is 0 Å². The average molecular weight is 233 g/mol. The van der Waals surface area contributed by atoms with Gasteiger partial charge in [-0.1, -0.05) is 6.42 Å². The highest BCUT2D eigenvalue weighted by atomic mass is 32.1. The minimum absolute atomic E-state index is 0.475. The van der Waals surface area contributed by atoms with Gasteiger partial charge in [0.15, 0.2) is 0 Å². The quantitative estimate of drug-likeness (QED) is 0.837. The predicted octanol–water partition coefficient (Wildman–Crippen LogP) is 2.95. The van der Waals surface area contributed by atoms with E-state index in [1.165, 1.54) is 24.3 Å². The minimum Gasteiger partial charge on any atom is -0.360 e. The normalized spacial score (nSPS) is 21.1. The lowest BCUT2D eigenvalue weighted by Crippen LogP contribution is -2.26. The Morgan fingerprint density at radius 3 is 3.12 bits per heavy atom. The zero-order valence-electron chi connectivity index (χ0n) is 9.07. The first kappa shape index (κ1) is 10.1. The fourth-order valence-electron chi connectivity index (χ4n) is 2.12. The maximum absolute atomic E-state index is 4.70. The van der Waals surface area contributed by atoms with Crippen LogP contribution in [0.3, 0.4) is 0 Å². The Balaban J connectivity index is 1.82. The van der Waals surface area contributed by atoms with Crippen LogP contribution in [0.2, 0.25) is 0 Å². The van der Waals surface area contributed by atoms with Gasteiger partial charge in [0.2, 0.25) is 0 Å². The standard InChI is InChI=1S/C12H15N3S/c1-2-6-14-10(4-1)12-15-11(8-16-12)9-5-3-7-13-9/h3,5,7-8,10,13-14H,1-2,4,6H2. The summed E-state index contributed by atoms with van der Waals surface area (Å²) in [6, 6.07) is 4.54. The zero-order valence-corrected chi connectivity index (χ0v) is 9.89. The fraction of sp³-hybridized carbons (Fsp3) is 0.417. The topological polar surface area (TPSA) is 40.7 Å². The smallest absolute Gasteiger partial charge is 0.110 e. The Hall–Kier alpha value is -1.13. The maximum atomic E-state index is 4.70. The zero-order chi connectivity index (χ0) is 10.8. The maximum Gasteiger partial charge on any atom is 0.110 e. The first-order valence-corrected chi connectivity index (χ1v) is 6.64. The van der Waals surface area contributed by atoms with E-state index in [-0.39, 0.29) is 0 Å². The molecule has 2 N–H and O–H groups in total. The monoisotopic (exact) mass is 233 g/mol. The van der Waals surface area contributed by atoms with Crippen molar-refractivity contribution >= 4 is 11.3 Å². The van der Waals surface area contributed by atoms with Crippen molar-refractivity contribution in [1.29, 1.82) is 0 Å². The number of aromatic nitrogens is 2. The Morgan fingerprint density at radius 2 is 2.38 bits per heavy atom. The molecule has 1 aliphatic heterocycles. The number of H-pyrrole nitrogens is 1. The van der Waals surface area contributed by atoms with Crippen molar-refractivity contribution in [2.45, 2.75) is 25.3 Å². The highest BCUT2D eigenvalue weighted by Gasteiger charge is 2.18. The van der Waals surface area contributed by atoms with E-state index in [0.29, 0.717) is 6.04 Å². The molecule has 1 unspecified atom stereocenters. The van der Waals surface area contributed by atoms with Gasteiger partial charge < -0.3 is 10.3 Å². The van der Waals surface area contributed by atoms with Gasteiger partial charge in [0.25, 0.3) is 0 Å². The van der Waals surface area contributed by atoms with E-state index in [1.54, 1.807) is 11.3 Å². The van der Waals surface area contributed by atoms with Crippen molar-refractivity contribution in [3.05, 3.63) is 28.7 Å². The van der Waals surface area contributed by atoms with Crippen LogP contribution in [0.1, 0.15) is 30.3 Å². The van der Waals surface area contributed by atoms with Gasteiger partial charge in [0, 0.05) is 11.6 Å². The molecule has 16 heavy (non-hydrogen) atoms. The third kappa shape index (κ3) is 1.90. The summed E-state index contributed by atoms with van der Waals surface area (Å²) in [5.41, 5.74) is 2.18. The van der Waals surface area contributed by atoms with Crippen molar-refractivity contribution in [3.8, 4) is 11.4 Å². The van der Waals surface area contributed by atoms with Gasteiger partial charge in [0.1, 0.15) is 5.01 Å². The summed E-state index contributed by atoms with van der Waals surface area (Å²) in [4.78, 5) is 7.89. The van der Waals surface area contributed by atoms with E-state index in [1.807, 2.05) is 12.3 Å². The molecule has 0 amide bonds. The van der Waals surface area contributed by atoms with Crippen LogP contribution in [-0.2, 0) is 0 Å². The molecule has 0 saturated carbocycles. The SMILES string of the molecule is c1c[nH]c(-c2csc(C3CCCCN3)n2)c1. The first-order chi connectivity index (χ1) is 7.93. The fourth-order valence-corrected chi connectivity index (χ4v) is 3.05. The van der Waals surface area contributed by atoms with Crippen LogP contribution >= 0.6 is 11.3 Å². The molecule has 3 nitrogen and oxygen atoms in total. The number of nitrogens with zero attached hydrogens (tertiary/aromatic N) is 1. The second-order valence-corrected chi connectivity index (χ2v) is 5.05. The first-order valence-electron chi connectivity index (χ1n) is 5.76. The van der Waals surface area contributed by atoms with Crippen molar-refractivity contribution in [3.63, 3.8) is 0 Å². The predicted molar refractivity (Wildman–Crippen MR) is 66.5 cm³/mol. The second kappa shape index (κ2) is 4.39. The summed E-state index contributed by atoms with van der Waals surface area (Å²) in [6.45, 7) is 1.13. The van der Waals surface area contributed by atoms with E-state index >= 15 is 0 Å². The molecule has 1 atom stereocenters. The number of hydrogen-bond acceptors (Lipinski definition) is 3. The Bertz CT molecular complexity index is 441. The van der Waals surface area contributed by atoms with Crippen LogP contribution in [0.15, 0.2) is 23.7 Å². The van der Waals surface area contributed by atoms with E-state index in [0.717, 1.165) is 17.9 Å². The molecule has 0 radical (unpaired) electrons. The highest BCUT2D eigenvalue weighted by Crippen LogP contribution is 2.28. The number of nitrogens with one attached hydrogen (secondary N) is 2. The summed E-state index contributed by atoms with van der Waals surface area (Å²) in [7, 11) is 0. The van der Waals surface area contributed by atoms with Crippen molar-refractivity contribution < 1.29 is 0 Å². The number of rotatable bonds is 2. The van der Waals surface area contributed by atoms with Gasteiger partial charge >= 0.3 is 0 Å². The van der Waals surface area contributed by atoms with E-state index in [2.05, 4.69) is 21.7 Å². The van der Waals surface area contributed by atoms with Crippen LogP contribution < -0.4 is 5.32 Å². The second-order valence-electron chi connectivity index (χ2n) is 4.16. The average Bonchev–Trinajstić information content (AvgIpc) is 3.01. The Kier molecular flexibility index (Phi) is 2.76. The van der Waals surface area contributed by atoms with Gasteiger partial charge in [-0.3, -0.25) is 0 Å². The lowest BCUT2D eigenvalue weighted by atomic mass is 10.1. The van der Waals surface area contributed by atoms with Crippen molar-refractivity contribution in [2.75, 3.05) is 6.54 Å². The largest absolute Gasteiger partial charge is 0.360 e. The third-order valence-corrected chi connectivity index (χ3v) is 3.96. The van der Waals surface area contributed by atoms with Crippen LogP contribution in [0.5, 0.6) is 0 Å². The molecular weight excluding hydrogens is 218 g/mol. The third-order valence-electron chi connectivity index (χ3n) is 3.00. The summed E-state index contributed by atoms with van der Waals surface area (Å²) in [6.07, 6.45) is 5.77. The van der Waals surface area contributed by atoms with Gasteiger partial charge in [-0.05, 0) is 31.5 Å². The van der Waals surface area contributed by atoms with Crippen molar-refractivity contribution in [1.82, 2.24) is 15.3 Å². The van der Waals surface area contributed by atoms with Gasteiger partial charge in [-0.25, -0.2) is 4.98 Å². The van der Waals surface area contributed by atoms with Gasteiger partial charge in [0.05, 0.1) is 17.4 Å². The van der Waals surface area contributed by atoms with Gasteiger partial charge in [-0.2, -0.15) is 0 Å². The van der Waals surface area contributed by atoms with Crippen LogP contribution in [0, 0.1) is 0 Å². The molecule has 2 aromatic heterocycles. The number of aromatic amines is 1. The molecule has 1 saturated heterocycles. The minimum atomic E-state index is 0.475. The number of thiazole rings is 1. The number of hydrogen-bond donors (Lipinski definition) is 2. The van der Waals surface area contributed by atoms with Crippen LogP contribution in [0.4, 0.5) is 0 Å². The molecule has 0 aromatic carbocycles. The van der Waals surface area contributed by atoms with Gasteiger partial charge in [-0.15, -0.1) is 11.3 Å². The molecule has 0 bridgehead atoms. The van der Waals surface area contributed by atoms with E-state index in [4.69, 9.17) is 4.98 Å². The highest BCUT2D eigenvalue weighted by molar-refractivity contribution is 7.10. The van der Waals surface area contributed by atoms with E-state index in [9.17, 15) is 0 Å². The molecule has 2 aromatic rings. The lowest BCUT2D eigenvalue weighted by Gasteiger charge is -2.21. The Labute approximate surface area is 98.9 Å². The summed E-state index contributed by atoms with van der Waals surface area (Å²) in [5.74, 6) is 0. The molecule has 0 spiro atoms. The molecule has 3 heterocycles. The molecule has 4 heteroatoms. The Morgan fingerprint density at radius 1 is 1.38 bits per heavy atom. The molecule has 0 aliphatic carbocycles. The molecular formula is C12H15N3S. The summed E-state index contributed by atoms with van der Waals surface area (Å²) < 4.78 is 0. The van der Waals surface area contributed by atoms with Crippen LogP contribution in [-0.4, -0.2) is 16.5 Å². The van der Waals surface area contributed by atoms with Crippen LogP contribution in [0.25, 0.3) is 11.4 Å². The summed E-state index contributed by atoms with van der Waals surface area (Å²) in [5, 5.41) is 6.89. The lowest BCUT2D eigenvalue weighted by molar-refractivity contribution is 0.411. The molecule has 1 aliphatic rings. The van der Waals surface area contributed by atoms with Crippen molar-refractivity contribution in [2.24, 2.45) is 0 Å². The molecule has 1 fully saturated rings. The molecule has 3 rings (SSSR count).